The van der Waals surface area contributed by atoms with Gasteiger partial charge >= 0.3 is 0 Å². The van der Waals surface area contributed by atoms with Gasteiger partial charge in [-0.2, -0.15) is 0 Å². The molecule has 0 saturated heterocycles. The third-order valence-corrected chi connectivity index (χ3v) is 3.63. The van der Waals surface area contributed by atoms with Crippen molar-refractivity contribution in [2.75, 3.05) is 0 Å². The van der Waals surface area contributed by atoms with Crippen LogP contribution in [0.1, 0.15) is 48.5 Å². The topological polar surface area (TPSA) is 67.8 Å². The van der Waals surface area contributed by atoms with Crippen LogP contribution in [0.4, 0.5) is 0 Å². The van der Waals surface area contributed by atoms with Crippen molar-refractivity contribution in [1.29, 1.82) is 0 Å². The van der Waals surface area contributed by atoms with Crippen LogP contribution < -0.4 is 5.73 Å². The lowest BCUT2D eigenvalue weighted by molar-refractivity contribution is -0.123. The van der Waals surface area contributed by atoms with E-state index in [-0.39, 0.29) is 22.7 Å². The summed E-state index contributed by atoms with van der Waals surface area (Å²) in [5.74, 6) is 0.0712. The predicted molar refractivity (Wildman–Crippen MR) is 75.9 cm³/mol. The highest BCUT2D eigenvalue weighted by atomic mass is 16.1. The third-order valence-electron chi connectivity index (χ3n) is 3.63. The van der Waals surface area contributed by atoms with Gasteiger partial charge in [0.2, 0.25) is 5.91 Å². The van der Waals surface area contributed by atoms with Gasteiger partial charge in [0.25, 0.3) is 0 Å². The number of rotatable bonds is 2. The first-order chi connectivity index (χ1) is 7.92. The molecule has 0 radical (unpaired) electrons. The lowest BCUT2D eigenvalue weighted by Crippen LogP contribution is -2.51. The fourth-order valence-corrected chi connectivity index (χ4v) is 2.19. The van der Waals surface area contributed by atoms with Crippen molar-refractivity contribution in [3.05, 3.63) is 0 Å². The number of nitrogens with zero attached hydrogens (tertiary/aromatic N) is 2. The van der Waals surface area contributed by atoms with Gasteiger partial charge in [-0.1, -0.05) is 48.5 Å². The SMILES string of the molecule is CC(C(N)=O)C1(C(C)(C)C)C=NC(C(C)(C)C)=N1. The van der Waals surface area contributed by atoms with Crippen LogP contribution in [-0.4, -0.2) is 23.5 Å². The highest BCUT2D eigenvalue weighted by Crippen LogP contribution is 2.42. The highest BCUT2D eigenvalue weighted by molar-refractivity contribution is 6.03. The van der Waals surface area contributed by atoms with Gasteiger partial charge < -0.3 is 5.73 Å². The van der Waals surface area contributed by atoms with Gasteiger partial charge in [-0.05, 0) is 5.41 Å². The minimum absolute atomic E-state index is 0.124. The molecule has 2 unspecified atom stereocenters. The van der Waals surface area contributed by atoms with Crippen molar-refractivity contribution in [2.45, 2.75) is 54.0 Å². The second kappa shape index (κ2) is 4.18. The van der Waals surface area contributed by atoms with Crippen LogP contribution in [0, 0.1) is 16.7 Å². The second-order valence-electron chi connectivity index (χ2n) is 7.14. The third kappa shape index (κ3) is 2.33. The normalized spacial score (nSPS) is 26.1. The zero-order valence-electron chi connectivity index (χ0n) is 12.5. The van der Waals surface area contributed by atoms with Gasteiger partial charge in [0, 0.05) is 11.6 Å². The molecule has 4 heteroatoms. The molecule has 2 N–H and O–H groups in total. The lowest BCUT2D eigenvalue weighted by atomic mass is 9.67. The van der Waals surface area contributed by atoms with E-state index < -0.39 is 5.54 Å². The molecule has 0 spiro atoms. The van der Waals surface area contributed by atoms with Crippen molar-refractivity contribution < 1.29 is 4.79 Å². The van der Waals surface area contributed by atoms with Gasteiger partial charge in [0.15, 0.2) is 0 Å². The molecule has 4 nitrogen and oxygen atoms in total. The molecule has 1 amide bonds. The molecule has 102 valence electrons. The molecule has 0 aromatic carbocycles. The summed E-state index contributed by atoms with van der Waals surface area (Å²) in [7, 11) is 0. The van der Waals surface area contributed by atoms with Crippen molar-refractivity contribution in [3.8, 4) is 0 Å². The Morgan fingerprint density at radius 2 is 1.78 bits per heavy atom. The molecule has 0 aromatic rings. The molecule has 1 aliphatic heterocycles. The van der Waals surface area contributed by atoms with Gasteiger partial charge in [-0.3, -0.25) is 9.79 Å². The van der Waals surface area contributed by atoms with Gasteiger partial charge in [-0.15, -0.1) is 0 Å². The Morgan fingerprint density at radius 1 is 1.28 bits per heavy atom. The van der Waals surface area contributed by atoms with Crippen LogP contribution in [0.15, 0.2) is 9.98 Å². The first-order valence-electron chi connectivity index (χ1n) is 6.37. The first kappa shape index (κ1) is 14.9. The number of hydrogen-bond donors (Lipinski definition) is 1. The van der Waals surface area contributed by atoms with Crippen LogP contribution in [0.3, 0.4) is 0 Å². The summed E-state index contributed by atoms with van der Waals surface area (Å²) in [6.07, 6.45) is 1.81. The monoisotopic (exact) mass is 251 g/mol. The molecule has 18 heavy (non-hydrogen) atoms. The summed E-state index contributed by atoms with van der Waals surface area (Å²) >= 11 is 0. The molecule has 2 atom stereocenters. The first-order valence-corrected chi connectivity index (χ1v) is 6.37. The number of amides is 1. The molecule has 1 heterocycles. The fourth-order valence-electron chi connectivity index (χ4n) is 2.19. The number of hydrogen-bond acceptors (Lipinski definition) is 3. The summed E-state index contributed by atoms with van der Waals surface area (Å²) in [5.41, 5.74) is 4.51. The largest absolute Gasteiger partial charge is 0.369 e. The Morgan fingerprint density at radius 3 is 2.06 bits per heavy atom. The molecule has 0 saturated carbocycles. The standard InChI is InChI=1S/C14H25N3O/c1-9(10(15)18)14(13(5,6)7)8-16-11(17-14)12(2,3)4/h8-9H,1-7H3,(H2,15,18). The Balaban J connectivity index is 3.34. The van der Waals surface area contributed by atoms with Crippen LogP contribution in [0.2, 0.25) is 0 Å². The van der Waals surface area contributed by atoms with E-state index in [0.29, 0.717) is 0 Å². The number of nitrogens with two attached hydrogens (primary N) is 1. The molecule has 1 aliphatic rings. The van der Waals surface area contributed by atoms with E-state index in [0.717, 1.165) is 5.84 Å². The van der Waals surface area contributed by atoms with E-state index in [2.05, 4.69) is 46.5 Å². The van der Waals surface area contributed by atoms with E-state index >= 15 is 0 Å². The van der Waals surface area contributed by atoms with Crippen molar-refractivity contribution in [3.63, 3.8) is 0 Å². The summed E-state index contributed by atoms with van der Waals surface area (Å²) in [4.78, 5) is 20.8. The molecule has 1 rings (SSSR count). The Bertz CT molecular complexity index is 410. The average molecular weight is 251 g/mol. The van der Waals surface area contributed by atoms with Crippen LogP contribution in [-0.2, 0) is 4.79 Å². The summed E-state index contributed by atoms with van der Waals surface area (Å²) in [6.45, 7) is 14.2. The molecular weight excluding hydrogens is 226 g/mol. The van der Waals surface area contributed by atoms with E-state index in [1.807, 2.05) is 13.1 Å². The van der Waals surface area contributed by atoms with E-state index in [1.54, 1.807) is 0 Å². The number of carbonyl (C=O) groups is 1. The Labute approximate surface area is 110 Å². The zero-order valence-corrected chi connectivity index (χ0v) is 12.5. The number of primary amides is 1. The molecular formula is C14H25N3O. The maximum absolute atomic E-state index is 11.6. The van der Waals surface area contributed by atoms with Gasteiger partial charge in [0.1, 0.15) is 11.4 Å². The average Bonchev–Trinajstić information content (AvgIpc) is 2.60. The number of carbonyl (C=O) groups excluding carboxylic acids is 1. The predicted octanol–water partition coefficient (Wildman–Crippen LogP) is 2.42. The number of aliphatic imine (C=N–C) groups is 2. The molecule has 0 fully saturated rings. The van der Waals surface area contributed by atoms with Crippen molar-refractivity contribution in [1.82, 2.24) is 0 Å². The smallest absolute Gasteiger partial charge is 0.223 e. The minimum Gasteiger partial charge on any atom is -0.369 e. The minimum atomic E-state index is -0.637. The molecule has 0 aliphatic carbocycles. The van der Waals surface area contributed by atoms with Crippen LogP contribution >= 0.6 is 0 Å². The van der Waals surface area contributed by atoms with Gasteiger partial charge in [-0.25, -0.2) is 4.99 Å². The number of amidine groups is 1. The fraction of sp³-hybridized carbons (Fsp3) is 0.786. The van der Waals surface area contributed by atoms with E-state index in [1.165, 1.54) is 0 Å². The van der Waals surface area contributed by atoms with Crippen LogP contribution in [0.25, 0.3) is 0 Å². The maximum Gasteiger partial charge on any atom is 0.223 e. The van der Waals surface area contributed by atoms with Crippen molar-refractivity contribution >= 4 is 18.0 Å². The highest BCUT2D eigenvalue weighted by Gasteiger charge is 2.50. The zero-order chi connectivity index (χ0) is 14.4. The van der Waals surface area contributed by atoms with Crippen molar-refractivity contribution in [2.24, 2.45) is 32.5 Å². The van der Waals surface area contributed by atoms with Crippen LogP contribution in [0.5, 0.6) is 0 Å². The van der Waals surface area contributed by atoms with Gasteiger partial charge in [0.05, 0.1) is 5.92 Å². The molecule has 0 bridgehead atoms. The van der Waals surface area contributed by atoms with E-state index in [4.69, 9.17) is 10.7 Å². The second-order valence-corrected chi connectivity index (χ2v) is 7.14. The maximum atomic E-state index is 11.6. The lowest BCUT2D eigenvalue weighted by Gasteiger charge is -2.40. The Hall–Kier alpha value is -1.19. The summed E-state index contributed by atoms with van der Waals surface area (Å²) in [6, 6.07) is 0. The summed E-state index contributed by atoms with van der Waals surface area (Å²) in [5, 5.41) is 0. The Kier molecular flexibility index (Phi) is 3.45. The molecule has 0 aromatic heterocycles. The van der Waals surface area contributed by atoms with E-state index in [9.17, 15) is 4.79 Å². The summed E-state index contributed by atoms with van der Waals surface area (Å²) < 4.78 is 0. The quantitative estimate of drug-likeness (QED) is 0.804.